The average molecular weight is 272 g/mol. The van der Waals surface area contributed by atoms with E-state index < -0.39 is 0 Å². The second-order valence-corrected chi connectivity index (χ2v) is 5.86. The lowest BCUT2D eigenvalue weighted by molar-refractivity contribution is 0.320. The summed E-state index contributed by atoms with van der Waals surface area (Å²) in [5, 5.41) is 13.6. The summed E-state index contributed by atoms with van der Waals surface area (Å²) < 4.78 is 5.35. The Balaban J connectivity index is 1.70. The number of hydrogen-bond donors (Lipinski definition) is 1. The minimum Gasteiger partial charge on any atom is -0.508 e. The quantitative estimate of drug-likeness (QED) is 0.926. The van der Waals surface area contributed by atoms with E-state index in [9.17, 15) is 5.11 Å². The van der Waals surface area contributed by atoms with Gasteiger partial charge in [0.2, 0.25) is 5.89 Å². The molecule has 1 aliphatic rings. The maximum atomic E-state index is 9.46. The van der Waals surface area contributed by atoms with Crippen molar-refractivity contribution in [3.63, 3.8) is 0 Å². The lowest BCUT2D eigenvalue weighted by Gasteiger charge is -2.23. The van der Waals surface area contributed by atoms with Gasteiger partial charge < -0.3 is 9.63 Å². The molecule has 2 unspecified atom stereocenters. The summed E-state index contributed by atoms with van der Waals surface area (Å²) in [4.78, 5) is 4.53. The van der Waals surface area contributed by atoms with Crippen LogP contribution in [0.3, 0.4) is 0 Å². The summed E-state index contributed by atoms with van der Waals surface area (Å²) in [7, 11) is 0. The summed E-state index contributed by atoms with van der Waals surface area (Å²) >= 11 is 0. The van der Waals surface area contributed by atoms with Crippen molar-refractivity contribution in [3.8, 4) is 5.75 Å². The third-order valence-electron chi connectivity index (χ3n) is 4.05. The van der Waals surface area contributed by atoms with Crippen LogP contribution in [0, 0.1) is 5.92 Å². The van der Waals surface area contributed by atoms with Crippen molar-refractivity contribution in [2.75, 3.05) is 0 Å². The number of phenolic OH excluding ortho intramolecular Hbond substituents is 1. The van der Waals surface area contributed by atoms with E-state index in [1.807, 2.05) is 12.1 Å². The van der Waals surface area contributed by atoms with Crippen molar-refractivity contribution in [3.05, 3.63) is 41.5 Å². The van der Waals surface area contributed by atoms with Gasteiger partial charge in [0.25, 0.3) is 0 Å². The van der Waals surface area contributed by atoms with Gasteiger partial charge in [-0.1, -0.05) is 37.1 Å². The Bertz CT molecular complexity index is 579. The highest BCUT2D eigenvalue weighted by molar-refractivity contribution is 5.28. The van der Waals surface area contributed by atoms with Gasteiger partial charge in [0, 0.05) is 5.92 Å². The fraction of sp³-hybridized carbons (Fsp3) is 0.500. The van der Waals surface area contributed by atoms with Gasteiger partial charge in [-0.2, -0.15) is 4.98 Å². The molecule has 1 fully saturated rings. The number of aromatic nitrogens is 2. The molecule has 4 heteroatoms. The van der Waals surface area contributed by atoms with Crippen LogP contribution in [0.25, 0.3) is 0 Å². The Hall–Kier alpha value is -1.84. The first-order chi connectivity index (χ1) is 9.70. The van der Waals surface area contributed by atoms with Crippen molar-refractivity contribution in [1.82, 2.24) is 10.1 Å². The Labute approximate surface area is 118 Å². The second kappa shape index (κ2) is 5.65. The molecule has 1 N–H and O–H groups in total. The highest BCUT2D eigenvalue weighted by atomic mass is 16.5. The number of rotatable bonds is 3. The standard InChI is InChI=1S/C16H20N2O2/c1-11-4-2-6-13(8-11)16-17-15(20-18-16)10-12-5-3-7-14(19)9-12/h3,5,7,9,11,13,19H,2,4,6,8,10H2,1H3. The van der Waals surface area contributed by atoms with E-state index >= 15 is 0 Å². The Morgan fingerprint density at radius 3 is 3.05 bits per heavy atom. The average Bonchev–Trinajstić information content (AvgIpc) is 2.87. The zero-order valence-electron chi connectivity index (χ0n) is 11.7. The van der Waals surface area contributed by atoms with Crippen molar-refractivity contribution >= 4 is 0 Å². The van der Waals surface area contributed by atoms with Crippen LogP contribution in [-0.2, 0) is 6.42 Å². The van der Waals surface area contributed by atoms with Crippen molar-refractivity contribution in [1.29, 1.82) is 0 Å². The van der Waals surface area contributed by atoms with Crippen molar-refractivity contribution < 1.29 is 9.63 Å². The molecule has 0 amide bonds. The van der Waals surface area contributed by atoms with Crippen LogP contribution in [0.2, 0.25) is 0 Å². The fourth-order valence-corrected chi connectivity index (χ4v) is 3.02. The first-order valence-electron chi connectivity index (χ1n) is 7.31. The normalized spacial score (nSPS) is 22.9. The lowest BCUT2D eigenvalue weighted by atomic mass is 9.82. The topological polar surface area (TPSA) is 59.2 Å². The molecule has 1 aromatic heterocycles. The van der Waals surface area contributed by atoms with Crippen LogP contribution in [0.15, 0.2) is 28.8 Å². The van der Waals surface area contributed by atoms with Gasteiger partial charge in [0.05, 0.1) is 6.42 Å². The first-order valence-corrected chi connectivity index (χ1v) is 7.31. The van der Waals surface area contributed by atoms with E-state index in [1.165, 1.54) is 12.8 Å². The van der Waals surface area contributed by atoms with Crippen molar-refractivity contribution in [2.45, 2.75) is 44.9 Å². The molecule has 3 rings (SSSR count). The smallest absolute Gasteiger partial charge is 0.231 e. The van der Waals surface area contributed by atoms with Gasteiger partial charge in [-0.25, -0.2) is 0 Å². The molecule has 0 radical (unpaired) electrons. The summed E-state index contributed by atoms with van der Waals surface area (Å²) in [5.41, 5.74) is 0.984. The predicted octanol–water partition coefficient (Wildman–Crippen LogP) is 3.66. The van der Waals surface area contributed by atoms with Crippen molar-refractivity contribution in [2.24, 2.45) is 5.92 Å². The molecule has 1 aliphatic carbocycles. The molecule has 2 aromatic rings. The second-order valence-electron chi connectivity index (χ2n) is 5.86. The minimum absolute atomic E-state index is 0.267. The van der Waals surface area contributed by atoms with Gasteiger partial charge in [-0.15, -0.1) is 0 Å². The maximum Gasteiger partial charge on any atom is 0.231 e. The Morgan fingerprint density at radius 2 is 2.25 bits per heavy atom. The highest BCUT2D eigenvalue weighted by Gasteiger charge is 2.24. The van der Waals surface area contributed by atoms with Crippen LogP contribution in [0.1, 0.15) is 55.8 Å². The van der Waals surface area contributed by atoms with Gasteiger partial charge >= 0.3 is 0 Å². The van der Waals surface area contributed by atoms with E-state index in [2.05, 4.69) is 17.1 Å². The first kappa shape index (κ1) is 13.2. The van der Waals surface area contributed by atoms with E-state index in [4.69, 9.17) is 4.52 Å². The molecule has 4 nitrogen and oxygen atoms in total. The summed E-state index contributed by atoms with van der Waals surface area (Å²) in [6.07, 6.45) is 5.46. The summed E-state index contributed by atoms with van der Waals surface area (Å²) in [6.45, 7) is 2.29. The van der Waals surface area contributed by atoms with E-state index in [1.54, 1.807) is 12.1 Å². The van der Waals surface area contributed by atoms with Crippen LogP contribution >= 0.6 is 0 Å². The maximum absolute atomic E-state index is 9.46. The molecule has 0 saturated heterocycles. The molecule has 106 valence electrons. The van der Waals surface area contributed by atoms with E-state index in [0.717, 1.165) is 30.1 Å². The van der Waals surface area contributed by atoms with Gasteiger partial charge in [-0.05, 0) is 36.5 Å². The number of hydrogen-bond acceptors (Lipinski definition) is 4. The van der Waals surface area contributed by atoms with Crippen LogP contribution in [0.4, 0.5) is 0 Å². The molecule has 0 aliphatic heterocycles. The molecule has 0 spiro atoms. The third kappa shape index (κ3) is 3.00. The monoisotopic (exact) mass is 272 g/mol. The van der Waals surface area contributed by atoms with Crippen LogP contribution < -0.4 is 0 Å². The SMILES string of the molecule is CC1CCCC(c2noc(Cc3cccc(O)c3)n2)C1. The highest BCUT2D eigenvalue weighted by Crippen LogP contribution is 2.34. The van der Waals surface area contributed by atoms with Crippen LogP contribution in [-0.4, -0.2) is 15.2 Å². The van der Waals surface area contributed by atoms with Gasteiger partial charge in [0.15, 0.2) is 5.82 Å². The molecule has 1 aromatic carbocycles. The summed E-state index contributed by atoms with van der Waals surface area (Å²) in [6, 6.07) is 7.16. The Kier molecular flexibility index (Phi) is 3.72. The lowest BCUT2D eigenvalue weighted by Crippen LogP contribution is -2.12. The number of phenols is 1. The van der Waals surface area contributed by atoms with E-state index in [0.29, 0.717) is 18.2 Å². The zero-order chi connectivity index (χ0) is 13.9. The van der Waals surface area contributed by atoms with Gasteiger partial charge in [-0.3, -0.25) is 0 Å². The molecule has 1 heterocycles. The third-order valence-corrected chi connectivity index (χ3v) is 4.05. The van der Waals surface area contributed by atoms with E-state index in [-0.39, 0.29) is 5.75 Å². The molecular formula is C16H20N2O2. The van der Waals surface area contributed by atoms with Gasteiger partial charge in [0.1, 0.15) is 5.75 Å². The molecule has 2 atom stereocenters. The zero-order valence-corrected chi connectivity index (χ0v) is 11.7. The fourth-order valence-electron chi connectivity index (χ4n) is 3.02. The number of benzene rings is 1. The predicted molar refractivity (Wildman–Crippen MR) is 75.6 cm³/mol. The molecule has 20 heavy (non-hydrogen) atoms. The van der Waals surface area contributed by atoms with Crippen LogP contribution in [0.5, 0.6) is 5.75 Å². The number of nitrogens with zero attached hydrogens (tertiary/aromatic N) is 2. The Morgan fingerprint density at radius 1 is 1.35 bits per heavy atom. The number of aromatic hydroxyl groups is 1. The molecular weight excluding hydrogens is 252 g/mol. The largest absolute Gasteiger partial charge is 0.508 e. The molecule has 1 saturated carbocycles. The summed E-state index contributed by atoms with van der Waals surface area (Å²) in [5.74, 6) is 2.95. The molecule has 0 bridgehead atoms. The minimum atomic E-state index is 0.267.